The van der Waals surface area contributed by atoms with E-state index in [1.165, 1.54) is 11.3 Å². The van der Waals surface area contributed by atoms with Crippen molar-refractivity contribution in [3.8, 4) is 0 Å². The summed E-state index contributed by atoms with van der Waals surface area (Å²) in [6, 6.07) is 6.94. The molecule has 1 heterocycles. The van der Waals surface area contributed by atoms with Crippen molar-refractivity contribution in [1.29, 1.82) is 0 Å². The molecule has 2 rings (SSSR count). The molecule has 0 amide bonds. The Kier molecular flexibility index (Phi) is 4.40. The van der Waals surface area contributed by atoms with E-state index in [0.29, 0.717) is 24.8 Å². The van der Waals surface area contributed by atoms with E-state index < -0.39 is 6.10 Å². The highest BCUT2D eigenvalue weighted by Crippen LogP contribution is 2.39. The van der Waals surface area contributed by atoms with Crippen LogP contribution >= 0.6 is 62.1 Å². The normalized spacial score (nSPS) is 12.8. The molecule has 17 heavy (non-hydrogen) atoms. The first-order valence-electron chi connectivity index (χ1n) is 4.57. The molecule has 0 saturated heterocycles. The van der Waals surface area contributed by atoms with Crippen LogP contribution in [0.15, 0.2) is 28.7 Å². The number of hydrogen-bond donors (Lipinski definition) is 1. The minimum absolute atomic E-state index is 0.474. The molecule has 1 aromatic carbocycles. The lowest BCUT2D eigenvalue weighted by Crippen LogP contribution is -1.99. The van der Waals surface area contributed by atoms with Gasteiger partial charge in [-0.2, -0.15) is 0 Å². The van der Waals surface area contributed by atoms with Gasteiger partial charge in [0.05, 0.1) is 4.34 Å². The number of aliphatic hydroxyl groups excluding tert-OH is 1. The molecule has 2 aromatic rings. The molecule has 0 spiro atoms. The SMILES string of the molecule is OC(c1ccc(Br)cc1Cl)c1cc(Cl)sc1Cl. The molecular weight excluding hydrogens is 366 g/mol. The Morgan fingerprint density at radius 2 is 1.82 bits per heavy atom. The summed E-state index contributed by atoms with van der Waals surface area (Å²) in [6.07, 6.45) is -0.869. The maximum absolute atomic E-state index is 10.2. The third-order valence-electron chi connectivity index (χ3n) is 2.23. The van der Waals surface area contributed by atoms with Gasteiger partial charge in [0.25, 0.3) is 0 Å². The summed E-state index contributed by atoms with van der Waals surface area (Å²) in [4.78, 5) is 0. The predicted molar refractivity (Wildman–Crippen MR) is 77.6 cm³/mol. The molecule has 0 aliphatic rings. The Labute approximate surface area is 126 Å². The molecule has 1 unspecified atom stereocenters. The summed E-state index contributed by atoms with van der Waals surface area (Å²) >= 11 is 22.4. The summed E-state index contributed by atoms with van der Waals surface area (Å²) in [6.45, 7) is 0. The highest BCUT2D eigenvalue weighted by Gasteiger charge is 2.19. The molecule has 1 atom stereocenters. The Morgan fingerprint density at radius 3 is 2.35 bits per heavy atom. The van der Waals surface area contributed by atoms with Crippen LogP contribution in [0.25, 0.3) is 0 Å². The van der Waals surface area contributed by atoms with Crippen molar-refractivity contribution >= 4 is 62.1 Å². The van der Waals surface area contributed by atoms with Gasteiger partial charge < -0.3 is 5.11 Å². The lowest BCUT2D eigenvalue weighted by molar-refractivity contribution is 0.221. The van der Waals surface area contributed by atoms with Gasteiger partial charge in [-0.05, 0) is 18.2 Å². The van der Waals surface area contributed by atoms with Crippen LogP contribution in [0.1, 0.15) is 17.2 Å². The molecule has 1 aromatic heterocycles. The highest BCUT2D eigenvalue weighted by atomic mass is 79.9. The van der Waals surface area contributed by atoms with E-state index in [4.69, 9.17) is 34.8 Å². The van der Waals surface area contributed by atoms with Crippen molar-refractivity contribution in [3.05, 3.63) is 53.6 Å². The summed E-state index contributed by atoms with van der Waals surface area (Å²) in [5.41, 5.74) is 1.18. The minimum atomic E-state index is -0.869. The van der Waals surface area contributed by atoms with E-state index in [9.17, 15) is 5.11 Å². The monoisotopic (exact) mass is 370 g/mol. The smallest absolute Gasteiger partial charge is 0.108 e. The number of halogens is 4. The van der Waals surface area contributed by atoms with Gasteiger partial charge >= 0.3 is 0 Å². The van der Waals surface area contributed by atoms with Gasteiger partial charge in [0.15, 0.2) is 0 Å². The summed E-state index contributed by atoms with van der Waals surface area (Å²) in [7, 11) is 0. The molecule has 0 radical (unpaired) electrons. The van der Waals surface area contributed by atoms with Crippen molar-refractivity contribution < 1.29 is 5.11 Å². The fourth-order valence-electron chi connectivity index (χ4n) is 1.43. The Hall–Kier alpha value is 0.230. The van der Waals surface area contributed by atoms with Crippen LogP contribution in [0, 0.1) is 0 Å². The Morgan fingerprint density at radius 1 is 1.12 bits per heavy atom. The molecule has 0 bridgehead atoms. The van der Waals surface area contributed by atoms with Crippen LogP contribution in [-0.4, -0.2) is 5.11 Å². The van der Waals surface area contributed by atoms with Crippen molar-refractivity contribution in [1.82, 2.24) is 0 Å². The fourth-order valence-corrected chi connectivity index (χ4v) is 3.73. The second kappa shape index (κ2) is 5.47. The number of rotatable bonds is 2. The van der Waals surface area contributed by atoms with Crippen LogP contribution in [0.2, 0.25) is 13.7 Å². The summed E-state index contributed by atoms with van der Waals surface area (Å²) < 4.78 is 1.87. The van der Waals surface area contributed by atoms with Crippen molar-refractivity contribution in [3.63, 3.8) is 0 Å². The average molecular weight is 372 g/mol. The molecule has 1 nitrogen and oxygen atoms in total. The van der Waals surface area contributed by atoms with Gasteiger partial charge in [-0.1, -0.05) is 56.8 Å². The largest absolute Gasteiger partial charge is 0.384 e. The third kappa shape index (κ3) is 2.98. The molecule has 0 aliphatic carbocycles. The molecule has 0 aliphatic heterocycles. The van der Waals surface area contributed by atoms with E-state index in [1.807, 2.05) is 6.07 Å². The maximum atomic E-state index is 10.2. The first kappa shape index (κ1) is 13.7. The van der Waals surface area contributed by atoms with Gasteiger partial charge in [-0.25, -0.2) is 0 Å². The van der Waals surface area contributed by atoms with Gasteiger partial charge in [-0.15, -0.1) is 11.3 Å². The molecular formula is C11H6BrCl3OS. The van der Waals surface area contributed by atoms with Crippen LogP contribution in [0.5, 0.6) is 0 Å². The van der Waals surface area contributed by atoms with Gasteiger partial charge in [0.1, 0.15) is 10.4 Å². The fraction of sp³-hybridized carbons (Fsp3) is 0.0909. The molecule has 0 fully saturated rings. The van der Waals surface area contributed by atoms with Crippen LogP contribution in [0.4, 0.5) is 0 Å². The first-order chi connectivity index (χ1) is 7.99. The second-order valence-corrected chi connectivity index (χ2v) is 6.96. The van der Waals surface area contributed by atoms with Crippen molar-refractivity contribution in [2.45, 2.75) is 6.10 Å². The van der Waals surface area contributed by atoms with E-state index in [2.05, 4.69) is 15.9 Å². The average Bonchev–Trinajstić information content (AvgIpc) is 2.57. The Bertz CT molecular complexity index is 556. The van der Waals surface area contributed by atoms with E-state index in [0.717, 1.165) is 4.47 Å². The zero-order valence-electron chi connectivity index (χ0n) is 8.25. The third-order valence-corrected chi connectivity index (χ3v) is 4.57. The predicted octanol–water partition coefficient (Wildman–Crippen LogP) is 5.55. The van der Waals surface area contributed by atoms with E-state index in [1.54, 1.807) is 18.2 Å². The number of aliphatic hydroxyl groups is 1. The Balaban J connectivity index is 2.43. The van der Waals surface area contributed by atoms with Gasteiger partial charge in [0, 0.05) is 20.6 Å². The number of hydrogen-bond acceptors (Lipinski definition) is 2. The topological polar surface area (TPSA) is 20.2 Å². The maximum Gasteiger partial charge on any atom is 0.108 e. The standard InChI is InChI=1S/C11H6BrCl3OS/c12-5-1-2-6(8(13)3-5)10(16)7-4-9(14)17-11(7)15/h1-4,10,16H. The minimum Gasteiger partial charge on any atom is -0.384 e. The zero-order chi connectivity index (χ0) is 12.6. The van der Waals surface area contributed by atoms with Crippen LogP contribution < -0.4 is 0 Å². The van der Waals surface area contributed by atoms with E-state index >= 15 is 0 Å². The van der Waals surface area contributed by atoms with Crippen molar-refractivity contribution in [2.24, 2.45) is 0 Å². The van der Waals surface area contributed by atoms with E-state index in [-0.39, 0.29) is 0 Å². The molecule has 1 N–H and O–H groups in total. The highest BCUT2D eigenvalue weighted by molar-refractivity contribution is 9.10. The molecule has 6 heteroatoms. The van der Waals surface area contributed by atoms with Crippen LogP contribution in [-0.2, 0) is 0 Å². The number of benzene rings is 1. The summed E-state index contributed by atoms with van der Waals surface area (Å²) in [5.74, 6) is 0. The lowest BCUT2D eigenvalue weighted by Gasteiger charge is -2.12. The lowest BCUT2D eigenvalue weighted by atomic mass is 10.0. The van der Waals surface area contributed by atoms with Gasteiger partial charge in [0.2, 0.25) is 0 Å². The zero-order valence-corrected chi connectivity index (χ0v) is 12.9. The molecule has 90 valence electrons. The van der Waals surface area contributed by atoms with Gasteiger partial charge in [-0.3, -0.25) is 0 Å². The first-order valence-corrected chi connectivity index (χ1v) is 7.31. The second-order valence-electron chi connectivity index (χ2n) is 3.35. The van der Waals surface area contributed by atoms with Crippen LogP contribution in [0.3, 0.4) is 0 Å². The number of thiophene rings is 1. The van der Waals surface area contributed by atoms with Crippen molar-refractivity contribution in [2.75, 3.05) is 0 Å². The quantitative estimate of drug-likeness (QED) is 0.732. The summed E-state index contributed by atoms with van der Waals surface area (Å²) in [5, 5.41) is 10.7. The molecule has 0 saturated carbocycles.